The first-order valence-corrected chi connectivity index (χ1v) is 10.3. The Morgan fingerprint density at radius 1 is 0.708 bits per heavy atom. The van der Waals surface area contributed by atoms with Crippen molar-refractivity contribution in [3.63, 3.8) is 0 Å². The fourth-order valence-electron chi connectivity index (χ4n) is 4.87. The fourth-order valence-corrected chi connectivity index (χ4v) is 4.87. The zero-order valence-electron chi connectivity index (χ0n) is 15.2. The molecule has 24 heavy (non-hydrogen) atoms. The van der Waals surface area contributed by atoms with E-state index in [2.05, 4.69) is 18.2 Å². The summed E-state index contributed by atoms with van der Waals surface area (Å²) in [6.45, 7) is 0. The van der Waals surface area contributed by atoms with Gasteiger partial charge in [0.1, 0.15) is 0 Å². The van der Waals surface area contributed by atoms with E-state index in [0.717, 1.165) is 23.3 Å². The maximum Gasteiger partial charge on any atom is 0.0991 e. The third-order valence-corrected chi connectivity index (χ3v) is 6.60. The van der Waals surface area contributed by atoms with E-state index >= 15 is 0 Å². The van der Waals surface area contributed by atoms with Crippen LogP contribution in [0.4, 0.5) is 0 Å². The first kappa shape index (κ1) is 17.5. The highest BCUT2D eigenvalue weighted by atomic mass is 14.3. The largest absolute Gasteiger partial charge is 0.192 e. The SMILES string of the molecule is N#Cc1ccc(CCC2CCC(CCC3CCCCC3)CC2)cc1. The summed E-state index contributed by atoms with van der Waals surface area (Å²) in [6.07, 6.45) is 18.9. The van der Waals surface area contributed by atoms with Gasteiger partial charge in [0.15, 0.2) is 0 Å². The van der Waals surface area contributed by atoms with Crippen LogP contribution in [0.3, 0.4) is 0 Å². The molecule has 0 bridgehead atoms. The summed E-state index contributed by atoms with van der Waals surface area (Å²) in [7, 11) is 0. The second-order valence-corrected chi connectivity index (χ2v) is 8.32. The lowest BCUT2D eigenvalue weighted by Crippen LogP contribution is -2.16. The van der Waals surface area contributed by atoms with Gasteiger partial charge in [0.2, 0.25) is 0 Å². The number of nitrogens with zero attached hydrogens (tertiary/aromatic N) is 1. The van der Waals surface area contributed by atoms with E-state index in [1.165, 1.54) is 89.0 Å². The Morgan fingerprint density at radius 2 is 1.25 bits per heavy atom. The lowest BCUT2D eigenvalue weighted by molar-refractivity contribution is 0.229. The predicted octanol–water partition coefficient (Wildman–Crippen LogP) is 6.66. The molecule has 0 aromatic heterocycles. The van der Waals surface area contributed by atoms with Crippen LogP contribution in [-0.4, -0.2) is 0 Å². The Hall–Kier alpha value is -1.29. The number of rotatable bonds is 6. The van der Waals surface area contributed by atoms with Crippen molar-refractivity contribution in [2.24, 2.45) is 17.8 Å². The van der Waals surface area contributed by atoms with Gasteiger partial charge in [-0.3, -0.25) is 0 Å². The Balaban J connectivity index is 1.32. The maximum absolute atomic E-state index is 8.86. The van der Waals surface area contributed by atoms with Crippen molar-refractivity contribution in [3.8, 4) is 6.07 Å². The van der Waals surface area contributed by atoms with Gasteiger partial charge < -0.3 is 0 Å². The molecule has 130 valence electrons. The van der Waals surface area contributed by atoms with Crippen LogP contribution in [0.5, 0.6) is 0 Å². The summed E-state index contributed by atoms with van der Waals surface area (Å²) < 4.78 is 0. The topological polar surface area (TPSA) is 23.8 Å². The molecule has 2 saturated carbocycles. The standard InChI is InChI=1S/C23H33N/c24-18-23-16-14-22(15-17-23)13-12-21-10-8-20(9-11-21)7-6-19-4-2-1-3-5-19/h14-17,19-21H,1-13H2. The summed E-state index contributed by atoms with van der Waals surface area (Å²) >= 11 is 0. The molecule has 0 aliphatic heterocycles. The smallest absolute Gasteiger partial charge is 0.0991 e. The van der Waals surface area contributed by atoms with Crippen LogP contribution in [0.15, 0.2) is 24.3 Å². The van der Waals surface area contributed by atoms with Gasteiger partial charge >= 0.3 is 0 Å². The Morgan fingerprint density at radius 3 is 1.83 bits per heavy atom. The number of nitriles is 1. The first-order chi connectivity index (χ1) is 11.8. The summed E-state index contributed by atoms with van der Waals surface area (Å²) in [5.74, 6) is 3.03. The number of benzene rings is 1. The first-order valence-electron chi connectivity index (χ1n) is 10.3. The second kappa shape index (κ2) is 9.26. The highest BCUT2D eigenvalue weighted by molar-refractivity contribution is 5.31. The van der Waals surface area contributed by atoms with Crippen LogP contribution in [-0.2, 0) is 6.42 Å². The van der Waals surface area contributed by atoms with E-state index in [4.69, 9.17) is 5.26 Å². The highest BCUT2D eigenvalue weighted by Gasteiger charge is 2.22. The molecule has 0 spiro atoms. The van der Waals surface area contributed by atoms with E-state index in [-0.39, 0.29) is 0 Å². The van der Waals surface area contributed by atoms with Gasteiger partial charge in [-0.05, 0) is 48.3 Å². The highest BCUT2D eigenvalue weighted by Crippen LogP contribution is 2.36. The number of hydrogen-bond donors (Lipinski definition) is 0. The normalized spacial score (nSPS) is 25.3. The van der Waals surface area contributed by atoms with Gasteiger partial charge in [0, 0.05) is 0 Å². The Kier molecular flexibility index (Phi) is 6.76. The van der Waals surface area contributed by atoms with Crippen LogP contribution in [0.1, 0.15) is 88.2 Å². The molecular formula is C23H33N. The van der Waals surface area contributed by atoms with Gasteiger partial charge in [0.25, 0.3) is 0 Å². The molecule has 0 amide bonds. The molecule has 0 heterocycles. The van der Waals surface area contributed by atoms with Crippen LogP contribution in [0, 0.1) is 29.1 Å². The van der Waals surface area contributed by atoms with Crippen molar-refractivity contribution in [2.75, 3.05) is 0 Å². The lowest BCUT2D eigenvalue weighted by Gasteiger charge is -2.30. The average molecular weight is 324 g/mol. The second-order valence-electron chi connectivity index (χ2n) is 8.32. The van der Waals surface area contributed by atoms with E-state index in [1.807, 2.05) is 12.1 Å². The zero-order valence-corrected chi connectivity index (χ0v) is 15.2. The van der Waals surface area contributed by atoms with Crippen LogP contribution in [0.2, 0.25) is 0 Å². The van der Waals surface area contributed by atoms with E-state index in [1.54, 1.807) is 0 Å². The Bertz CT molecular complexity index is 510. The molecule has 1 aromatic carbocycles. The summed E-state index contributed by atoms with van der Waals surface area (Å²) in [4.78, 5) is 0. The van der Waals surface area contributed by atoms with Crippen molar-refractivity contribution in [1.82, 2.24) is 0 Å². The predicted molar refractivity (Wildman–Crippen MR) is 101 cm³/mol. The Labute approximate surface area is 148 Å². The van der Waals surface area contributed by atoms with Crippen LogP contribution in [0.25, 0.3) is 0 Å². The molecule has 0 saturated heterocycles. The zero-order chi connectivity index (χ0) is 16.6. The average Bonchev–Trinajstić information content (AvgIpc) is 2.67. The molecule has 0 unspecified atom stereocenters. The molecule has 3 rings (SSSR count). The molecule has 2 aliphatic rings. The number of hydrogen-bond acceptors (Lipinski definition) is 1. The molecule has 2 aliphatic carbocycles. The fraction of sp³-hybridized carbons (Fsp3) is 0.696. The molecular weight excluding hydrogens is 290 g/mol. The molecule has 1 nitrogen and oxygen atoms in total. The van der Waals surface area contributed by atoms with Gasteiger partial charge in [-0.25, -0.2) is 0 Å². The molecule has 0 N–H and O–H groups in total. The van der Waals surface area contributed by atoms with Crippen molar-refractivity contribution >= 4 is 0 Å². The van der Waals surface area contributed by atoms with Crippen LogP contribution < -0.4 is 0 Å². The maximum atomic E-state index is 8.86. The third kappa shape index (κ3) is 5.37. The van der Waals surface area contributed by atoms with Gasteiger partial charge in [-0.1, -0.05) is 82.8 Å². The van der Waals surface area contributed by atoms with Crippen LogP contribution >= 0.6 is 0 Å². The summed E-state index contributed by atoms with van der Waals surface area (Å²) in [5, 5.41) is 8.86. The quantitative estimate of drug-likeness (QED) is 0.574. The van der Waals surface area contributed by atoms with E-state index in [0.29, 0.717) is 0 Å². The van der Waals surface area contributed by atoms with Crippen molar-refractivity contribution in [2.45, 2.75) is 83.5 Å². The summed E-state index contributed by atoms with van der Waals surface area (Å²) in [5.41, 5.74) is 2.17. The minimum Gasteiger partial charge on any atom is -0.192 e. The minimum atomic E-state index is 0.775. The van der Waals surface area contributed by atoms with Crippen molar-refractivity contribution in [1.29, 1.82) is 5.26 Å². The lowest BCUT2D eigenvalue weighted by atomic mass is 9.76. The van der Waals surface area contributed by atoms with Gasteiger partial charge in [-0.15, -0.1) is 0 Å². The minimum absolute atomic E-state index is 0.775. The van der Waals surface area contributed by atoms with Crippen molar-refractivity contribution < 1.29 is 0 Å². The van der Waals surface area contributed by atoms with E-state index in [9.17, 15) is 0 Å². The van der Waals surface area contributed by atoms with E-state index < -0.39 is 0 Å². The molecule has 0 atom stereocenters. The van der Waals surface area contributed by atoms with Gasteiger partial charge in [-0.2, -0.15) is 5.26 Å². The van der Waals surface area contributed by atoms with Crippen molar-refractivity contribution in [3.05, 3.63) is 35.4 Å². The molecule has 2 fully saturated rings. The number of aryl methyl sites for hydroxylation is 1. The molecule has 1 heteroatoms. The monoisotopic (exact) mass is 323 g/mol. The molecule has 1 aromatic rings. The van der Waals surface area contributed by atoms with Gasteiger partial charge in [0.05, 0.1) is 11.6 Å². The third-order valence-electron chi connectivity index (χ3n) is 6.60. The summed E-state index contributed by atoms with van der Waals surface area (Å²) in [6, 6.07) is 10.4. The molecule has 0 radical (unpaired) electrons.